The van der Waals surface area contributed by atoms with Gasteiger partial charge in [0, 0.05) is 33.3 Å². The molecule has 1 aliphatic heterocycles. The fraction of sp³-hybridized carbons (Fsp3) is 0.833. The van der Waals surface area contributed by atoms with E-state index in [1.165, 1.54) is 7.11 Å². The molecule has 1 heterocycles. The monoisotopic (exact) mass is 257 g/mol. The molecule has 3 N–H and O–H groups in total. The second-order valence-corrected chi connectivity index (χ2v) is 4.58. The predicted octanol–water partition coefficient (Wildman–Crippen LogP) is -0.665. The molecule has 2 unspecified atom stereocenters. The molecule has 0 aliphatic carbocycles. The third-order valence-electron chi connectivity index (χ3n) is 3.25. The first-order valence-corrected chi connectivity index (χ1v) is 6.39. The number of rotatable bonds is 5. The summed E-state index contributed by atoms with van der Waals surface area (Å²) in [4.78, 5) is 25.5. The van der Waals surface area contributed by atoms with Gasteiger partial charge in [-0.1, -0.05) is 0 Å². The molecule has 0 radical (unpaired) electrons. The summed E-state index contributed by atoms with van der Waals surface area (Å²) in [5, 5.41) is 2.77. The van der Waals surface area contributed by atoms with Crippen molar-refractivity contribution in [2.75, 3.05) is 33.3 Å². The summed E-state index contributed by atoms with van der Waals surface area (Å²) in [6.07, 6.45) is 1.22. The van der Waals surface area contributed by atoms with Crippen molar-refractivity contribution in [3.8, 4) is 0 Å². The number of nitrogens with two attached hydrogens (primary N) is 1. The molecule has 2 atom stereocenters. The number of nitrogens with one attached hydrogen (secondary N) is 1. The molecule has 1 aliphatic rings. The Morgan fingerprint density at radius 1 is 1.56 bits per heavy atom. The Labute approximate surface area is 108 Å². The van der Waals surface area contributed by atoms with Crippen LogP contribution in [0.2, 0.25) is 0 Å². The minimum Gasteiger partial charge on any atom is -0.372 e. The summed E-state index contributed by atoms with van der Waals surface area (Å²) in [6.45, 7) is 3.82. The van der Waals surface area contributed by atoms with Gasteiger partial charge in [-0.3, -0.25) is 9.59 Å². The number of nitrogens with zero attached hydrogens (tertiary/aromatic N) is 1. The van der Waals surface area contributed by atoms with Gasteiger partial charge in [-0.25, -0.2) is 0 Å². The summed E-state index contributed by atoms with van der Waals surface area (Å²) >= 11 is 0. The molecule has 0 aromatic carbocycles. The molecular formula is C12H23N3O3. The van der Waals surface area contributed by atoms with E-state index in [2.05, 4.69) is 5.32 Å². The van der Waals surface area contributed by atoms with Crippen molar-refractivity contribution in [3.63, 3.8) is 0 Å². The minimum absolute atomic E-state index is 0.0111. The molecule has 0 aromatic rings. The van der Waals surface area contributed by atoms with Gasteiger partial charge < -0.3 is 20.7 Å². The van der Waals surface area contributed by atoms with Crippen LogP contribution in [0.1, 0.15) is 19.8 Å². The lowest BCUT2D eigenvalue weighted by molar-refractivity contribution is -0.144. The second kappa shape index (κ2) is 7.33. The van der Waals surface area contributed by atoms with E-state index in [0.29, 0.717) is 26.2 Å². The third-order valence-corrected chi connectivity index (χ3v) is 3.25. The molecule has 104 valence electrons. The summed E-state index contributed by atoms with van der Waals surface area (Å²) in [5.41, 5.74) is 5.34. The van der Waals surface area contributed by atoms with Crippen LogP contribution in [-0.2, 0) is 14.3 Å². The summed E-state index contributed by atoms with van der Waals surface area (Å²) in [5.74, 6) is -0.185. The minimum atomic E-state index is -0.448. The molecular weight excluding hydrogens is 234 g/mol. The van der Waals surface area contributed by atoms with Crippen molar-refractivity contribution in [2.24, 2.45) is 11.7 Å². The number of carbonyl (C=O) groups excluding carboxylic acids is 2. The van der Waals surface area contributed by atoms with Gasteiger partial charge in [-0.15, -0.1) is 0 Å². The fourth-order valence-electron chi connectivity index (χ4n) is 2.09. The maximum absolute atomic E-state index is 12.0. The Bertz CT molecular complexity index is 296. The second-order valence-electron chi connectivity index (χ2n) is 4.58. The first kappa shape index (κ1) is 14.9. The number of carbonyl (C=O) groups is 2. The lowest BCUT2D eigenvalue weighted by Gasteiger charge is -2.33. The van der Waals surface area contributed by atoms with E-state index in [4.69, 9.17) is 10.5 Å². The van der Waals surface area contributed by atoms with E-state index in [1.807, 2.05) is 0 Å². The van der Waals surface area contributed by atoms with Crippen LogP contribution in [0.5, 0.6) is 0 Å². The Hall–Kier alpha value is -1.14. The Morgan fingerprint density at radius 3 is 2.89 bits per heavy atom. The van der Waals surface area contributed by atoms with Gasteiger partial charge in [0.2, 0.25) is 5.91 Å². The number of ether oxygens (including phenoxy) is 1. The zero-order valence-corrected chi connectivity index (χ0v) is 11.1. The van der Waals surface area contributed by atoms with Gasteiger partial charge in [-0.05, 0) is 19.8 Å². The number of methoxy groups -OCH3 is 1. The smallest absolute Gasteiger partial charge is 0.251 e. The van der Waals surface area contributed by atoms with E-state index in [9.17, 15) is 9.59 Å². The summed E-state index contributed by atoms with van der Waals surface area (Å²) < 4.78 is 5.02. The molecule has 0 aromatic heterocycles. The maximum atomic E-state index is 12.0. The quantitative estimate of drug-likeness (QED) is 0.684. The van der Waals surface area contributed by atoms with Crippen LogP contribution < -0.4 is 11.1 Å². The number of amides is 2. The Kier molecular flexibility index (Phi) is 6.07. The third kappa shape index (κ3) is 3.96. The van der Waals surface area contributed by atoms with Gasteiger partial charge in [0.1, 0.15) is 6.10 Å². The Balaban J connectivity index is 2.50. The standard InChI is InChI=1S/C12H23N3O3/c1-9(18-2)12(17)15-7-3-4-10(8-15)11(16)14-6-5-13/h9-10H,3-8,13H2,1-2H3,(H,14,16). The van der Waals surface area contributed by atoms with E-state index >= 15 is 0 Å². The number of likely N-dealkylation sites (tertiary alicyclic amines) is 1. The van der Waals surface area contributed by atoms with Gasteiger partial charge in [-0.2, -0.15) is 0 Å². The van der Waals surface area contributed by atoms with Gasteiger partial charge in [0.25, 0.3) is 5.91 Å². The highest BCUT2D eigenvalue weighted by atomic mass is 16.5. The van der Waals surface area contributed by atoms with Crippen LogP contribution in [-0.4, -0.2) is 56.1 Å². The van der Waals surface area contributed by atoms with Crippen molar-refractivity contribution in [1.82, 2.24) is 10.2 Å². The molecule has 1 saturated heterocycles. The molecule has 6 heteroatoms. The molecule has 6 nitrogen and oxygen atoms in total. The molecule has 1 rings (SSSR count). The van der Waals surface area contributed by atoms with Crippen LogP contribution in [0.3, 0.4) is 0 Å². The topological polar surface area (TPSA) is 84.7 Å². The first-order chi connectivity index (χ1) is 8.60. The highest BCUT2D eigenvalue weighted by Gasteiger charge is 2.30. The predicted molar refractivity (Wildman–Crippen MR) is 67.8 cm³/mol. The average molecular weight is 257 g/mol. The van der Waals surface area contributed by atoms with Crippen LogP contribution in [0.4, 0.5) is 0 Å². The van der Waals surface area contributed by atoms with Crippen molar-refractivity contribution in [1.29, 1.82) is 0 Å². The normalized spacial score (nSPS) is 21.5. The maximum Gasteiger partial charge on any atom is 0.251 e. The lowest BCUT2D eigenvalue weighted by atomic mass is 9.96. The molecule has 2 amide bonds. The van der Waals surface area contributed by atoms with Gasteiger partial charge >= 0.3 is 0 Å². The van der Waals surface area contributed by atoms with Crippen molar-refractivity contribution >= 4 is 11.8 Å². The van der Waals surface area contributed by atoms with E-state index < -0.39 is 6.10 Å². The van der Waals surface area contributed by atoms with Crippen LogP contribution in [0.25, 0.3) is 0 Å². The number of hydrogen-bond acceptors (Lipinski definition) is 4. The molecule has 0 spiro atoms. The van der Waals surface area contributed by atoms with Crippen molar-refractivity contribution in [3.05, 3.63) is 0 Å². The van der Waals surface area contributed by atoms with E-state index in [1.54, 1.807) is 11.8 Å². The Morgan fingerprint density at radius 2 is 2.28 bits per heavy atom. The van der Waals surface area contributed by atoms with Gasteiger partial charge in [0.05, 0.1) is 5.92 Å². The zero-order valence-electron chi connectivity index (χ0n) is 11.1. The highest BCUT2D eigenvalue weighted by Crippen LogP contribution is 2.17. The largest absolute Gasteiger partial charge is 0.372 e. The lowest BCUT2D eigenvalue weighted by Crippen LogP contribution is -2.48. The number of piperidine rings is 1. The molecule has 0 bridgehead atoms. The molecule has 18 heavy (non-hydrogen) atoms. The SMILES string of the molecule is COC(C)C(=O)N1CCCC(C(=O)NCCN)C1. The number of hydrogen-bond donors (Lipinski definition) is 2. The van der Waals surface area contributed by atoms with E-state index in [0.717, 1.165) is 12.8 Å². The fourth-order valence-corrected chi connectivity index (χ4v) is 2.09. The van der Waals surface area contributed by atoms with Crippen LogP contribution >= 0.6 is 0 Å². The van der Waals surface area contributed by atoms with Gasteiger partial charge in [0.15, 0.2) is 0 Å². The van der Waals surface area contributed by atoms with E-state index in [-0.39, 0.29) is 17.7 Å². The average Bonchev–Trinajstić information content (AvgIpc) is 2.43. The zero-order chi connectivity index (χ0) is 13.5. The summed E-state index contributed by atoms with van der Waals surface area (Å²) in [7, 11) is 1.51. The molecule has 1 fully saturated rings. The van der Waals surface area contributed by atoms with Crippen LogP contribution in [0.15, 0.2) is 0 Å². The molecule has 0 saturated carbocycles. The van der Waals surface area contributed by atoms with Crippen LogP contribution in [0, 0.1) is 5.92 Å². The summed E-state index contributed by atoms with van der Waals surface area (Å²) in [6, 6.07) is 0. The highest BCUT2D eigenvalue weighted by molar-refractivity contribution is 5.83. The van der Waals surface area contributed by atoms with Crippen molar-refractivity contribution in [2.45, 2.75) is 25.9 Å². The van der Waals surface area contributed by atoms with Crippen molar-refractivity contribution < 1.29 is 14.3 Å². The first-order valence-electron chi connectivity index (χ1n) is 6.39.